The maximum atomic E-state index is 12.2. The van der Waals surface area contributed by atoms with Gasteiger partial charge in [-0.05, 0) is 67.8 Å². The summed E-state index contributed by atoms with van der Waals surface area (Å²) in [5, 5.41) is 33.9. The molecule has 1 aliphatic rings. The average molecular weight is 622 g/mol. The van der Waals surface area contributed by atoms with Crippen molar-refractivity contribution in [3.63, 3.8) is 0 Å². The minimum atomic E-state index is -1.31. The summed E-state index contributed by atoms with van der Waals surface area (Å²) in [7, 11) is 0. The number of rotatable bonds is 16. The number of anilines is 2. The van der Waals surface area contributed by atoms with Crippen LogP contribution in [-0.2, 0) is 33.6 Å². The zero-order valence-electron chi connectivity index (χ0n) is 23.8. The molecule has 5 amide bonds. The van der Waals surface area contributed by atoms with E-state index in [0.29, 0.717) is 22.7 Å². The predicted molar refractivity (Wildman–Crippen MR) is 158 cm³/mol. The van der Waals surface area contributed by atoms with Crippen LogP contribution < -0.4 is 21.7 Å². The van der Waals surface area contributed by atoms with Gasteiger partial charge in [-0.1, -0.05) is 0 Å². The van der Waals surface area contributed by atoms with Crippen molar-refractivity contribution < 1.29 is 43.8 Å². The van der Waals surface area contributed by atoms with Crippen LogP contribution in [0.5, 0.6) is 0 Å². The fourth-order valence-corrected chi connectivity index (χ4v) is 4.00. The Morgan fingerprint density at radius 1 is 0.756 bits per heavy atom. The number of imide groups is 1. The van der Waals surface area contributed by atoms with Crippen LogP contribution >= 0.6 is 0 Å². The Morgan fingerprint density at radius 3 is 1.76 bits per heavy atom. The fourth-order valence-electron chi connectivity index (χ4n) is 4.00. The average Bonchev–Trinajstić information content (AvgIpc) is 3.31. The first-order valence-corrected chi connectivity index (χ1v) is 13.6. The number of carbonyl (C=O) groups is 7. The van der Waals surface area contributed by atoms with Crippen LogP contribution in [0, 0.1) is 5.92 Å². The largest absolute Gasteiger partial charge is 0.481 e. The van der Waals surface area contributed by atoms with Gasteiger partial charge in [0.15, 0.2) is 0 Å². The van der Waals surface area contributed by atoms with Crippen molar-refractivity contribution in [1.82, 2.24) is 10.2 Å². The second-order valence-corrected chi connectivity index (χ2v) is 9.87. The van der Waals surface area contributed by atoms with Gasteiger partial charge in [0.05, 0.1) is 23.8 Å². The summed E-state index contributed by atoms with van der Waals surface area (Å²) in [6.07, 6.45) is 2.14. The van der Waals surface area contributed by atoms with Crippen molar-refractivity contribution in [2.45, 2.75) is 31.7 Å². The van der Waals surface area contributed by atoms with E-state index in [4.69, 9.17) is 10.8 Å². The third-order valence-electron chi connectivity index (χ3n) is 6.39. The number of nitrogens with two attached hydrogens (primary N) is 1. The van der Waals surface area contributed by atoms with Gasteiger partial charge < -0.3 is 31.9 Å². The Kier molecular flexibility index (Phi) is 12.1. The highest BCUT2D eigenvalue weighted by molar-refractivity contribution is 6.15. The molecular formula is C29H31N7O9. The van der Waals surface area contributed by atoms with Crippen molar-refractivity contribution in [1.29, 1.82) is 0 Å². The normalized spacial score (nSPS) is 13.8. The molecular weight excluding hydrogens is 590 g/mol. The molecule has 45 heavy (non-hydrogen) atoms. The van der Waals surface area contributed by atoms with Crippen molar-refractivity contribution >= 4 is 64.2 Å². The predicted octanol–water partition coefficient (Wildman–Crippen LogP) is 1.69. The summed E-state index contributed by atoms with van der Waals surface area (Å²) < 4.78 is 0. The molecule has 0 fully saturated rings. The van der Waals surface area contributed by atoms with Gasteiger partial charge in [-0.15, -0.1) is 0 Å². The lowest BCUT2D eigenvalue weighted by molar-refractivity contribution is -0.144. The Morgan fingerprint density at radius 2 is 1.27 bits per heavy atom. The summed E-state index contributed by atoms with van der Waals surface area (Å²) >= 11 is 0. The number of aliphatic carboxylic acids is 2. The molecule has 7 N–H and O–H groups in total. The van der Waals surface area contributed by atoms with E-state index in [9.17, 15) is 38.7 Å². The molecule has 1 aliphatic heterocycles. The molecule has 0 radical (unpaired) electrons. The molecule has 2 aromatic rings. The van der Waals surface area contributed by atoms with Gasteiger partial charge in [0.2, 0.25) is 17.7 Å². The standard InChI is InChI=1S/C29H31N7O9/c30-22(29(44)45)14-17(28(42)43)2-1-3-23(37)31-15-24(38)32-18-4-8-20(9-5-18)34-35-21-10-6-19(7-11-21)33-25(39)16-36-26(40)12-13-27(36)41/h4-13,17,22H,1-3,14-16,30H2,(H,31,37)(H,32,38)(H,33,39)(H,42,43)(H,44,45)/t17-,22+/m1/s1. The summed E-state index contributed by atoms with van der Waals surface area (Å²) in [5.74, 6) is -6.07. The lowest BCUT2D eigenvalue weighted by Crippen LogP contribution is -2.37. The van der Waals surface area contributed by atoms with Crippen molar-refractivity contribution in [3.05, 3.63) is 60.7 Å². The molecule has 0 aromatic heterocycles. The number of carboxylic acids is 2. The van der Waals surface area contributed by atoms with Crippen molar-refractivity contribution in [2.24, 2.45) is 21.9 Å². The maximum Gasteiger partial charge on any atom is 0.320 e. The van der Waals surface area contributed by atoms with Gasteiger partial charge in [-0.25, -0.2) is 0 Å². The van der Waals surface area contributed by atoms with Crippen LogP contribution in [0.2, 0.25) is 0 Å². The lowest BCUT2D eigenvalue weighted by Gasteiger charge is -2.14. The van der Waals surface area contributed by atoms with Crippen LogP contribution in [0.4, 0.5) is 22.7 Å². The number of hydrogen-bond acceptors (Lipinski definition) is 10. The van der Waals surface area contributed by atoms with Crippen molar-refractivity contribution in [3.8, 4) is 0 Å². The number of carbonyl (C=O) groups excluding carboxylic acids is 5. The number of azo groups is 1. The van der Waals surface area contributed by atoms with Crippen molar-refractivity contribution in [2.75, 3.05) is 23.7 Å². The summed E-state index contributed by atoms with van der Waals surface area (Å²) in [6.45, 7) is -0.711. The Hall–Kier alpha value is -5.77. The number of nitrogens with zero attached hydrogens (tertiary/aromatic N) is 3. The number of nitrogens with one attached hydrogen (secondary N) is 3. The molecule has 0 bridgehead atoms. The zero-order chi connectivity index (χ0) is 32.9. The number of benzene rings is 2. The summed E-state index contributed by atoms with van der Waals surface area (Å²) in [6, 6.07) is 11.5. The van der Waals surface area contributed by atoms with E-state index in [1.807, 2.05) is 0 Å². The van der Waals surface area contributed by atoms with Gasteiger partial charge >= 0.3 is 11.9 Å². The lowest BCUT2D eigenvalue weighted by atomic mass is 9.94. The fraction of sp³-hybridized carbons (Fsp3) is 0.276. The molecule has 236 valence electrons. The molecule has 16 heteroatoms. The summed E-state index contributed by atoms with van der Waals surface area (Å²) in [5.41, 5.74) is 7.24. The molecule has 2 atom stereocenters. The van der Waals surface area contributed by atoms with Gasteiger partial charge in [0, 0.05) is 29.9 Å². The van der Waals surface area contributed by atoms with Gasteiger partial charge in [0.1, 0.15) is 12.6 Å². The first-order chi connectivity index (χ1) is 21.4. The van der Waals surface area contributed by atoms with E-state index in [-0.39, 0.29) is 32.2 Å². The molecule has 3 rings (SSSR count). The Labute approximate surface area is 256 Å². The van der Waals surface area contributed by atoms with E-state index >= 15 is 0 Å². The smallest absolute Gasteiger partial charge is 0.320 e. The number of amides is 5. The van der Waals surface area contributed by atoms with Crippen LogP contribution in [0.15, 0.2) is 70.9 Å². The van der Waals surface area contributed by atoms with Gasteiger partial charge in [0.25, 0.3) is 11.8 Å². The second kappa shape index (κ2) is 16.2. The monoisotopic (exact) mass is 621 g/mol. The first-order valence-electron chi connectivity index (χ1n) is 13.6. The first kappa shape index (κ1) is 33.7. The molecule has 0 unspecified atom stereocenters. The maximum absolute atomic E-state index is 12.2. The van der Waals surface area contributed by atoms with E-state index in [1.165, 1.54) is 0 Å². The Balaban J connectivity index is 1.38. The van der Waals surface area contributed by atoms with E-state index in [0.717, 1.165) is 17.1 Å². The van der Waals surface area contributed by atoms with Gasteiger partial charge in [-0.2, -0.15) is 10.2 Å². The minimum Gasteiger partial charge on any atom is -0.481 e. The van der Waals surface area contributed by atoms with Crippen LogP contribution in [-0.4, -0.2) is 75.7 Å². The van der Waals surface area contributed by atoms with Gasteiger partial charge in [-0.3, -0.25) is 38.5 Å². The minimum absolute atomic E-state index is 0.0442. The highest BCUT2D eigenvalue weighted by atomic mass is 16.4. The molecule has 0 saturated heterocycles. The molecule has 1 heterocycles. The molecule has 0 saturated carbocycles. The molecule has 2 aromatic carbocycles. The molecule has 16 nitrogen and oxygen atoms in total. The van der Waals surface area contributed by atoms with E-state index < -0.39 is 60.0 Å². The number of hydrogen-bond donors (Lipinski definition) is 6. The Bertz CT molecular complexity index is 1490. The molecule has 0 spiro atoms. The van der Waals surface area contributed by atoms with Crippen LogP contribution in [0.25, 0.3) is 0 Å². The zero-order valence-corrected chi connectivity index (χ0v) is 23.8. The van der Waals surface area contributed by atoms with E-state index in [1.54, 1.807) is 48.5 Å². The molecule has 0 aliphatic carbocycles. The highest BCUT2D eigenvalue weighted by Crippen LogP contribution is 2.22. The van der Waals surface area contributed by atoms with E-state index in [2.05, 4.69) is 26.2 Å². The summed E-state index contributed by atoms with van der Waals surface area (Å²) in [4.78, 5) is 82.5. The van der Waals surface area contributed by atoms with Crippen LogP contribution in [0.3, 0.4) is 0 Å². The third-order valence-corrected chi connectivity index (χ3v) is 6.39. The second-order valence-electron chi connectivity index (χ2n) is 9.87. The topological polar surface area (TPSA) is 250 Å². The highest BCUT2D eigenvalue weighted by Gasteiger charge is 2.26. The SMILES string of the molecule is N[C@@H](C[C@@H](CCCC(=O)NCC(=O)Nc1ccc(N=Nc2ccc(NC(=O)CN3C(=O)C=CC3=O)cc2)cc1)C(=O)O)C(=O)O. The third kappa shape index (κ3) is 11.1. The van der Waals surface area contributed by atoms with Crippen LogP contribution in [0.1, 0.15) is 25.7 Å². The quantitative estimate of drug-likeness (QED) is 0.117. The number of carboxylic acid groups (broad SMARTS) is 2.